The van der Waals surface area contributed by atoms with E-state index in [1.54, 1.807) is 6.92 Å². The Morgan fingerprint density at radius 3 is 2.43 bits per heavy atom. The maximum absolute atomic E-state index is 13.1. The lowest BCUT2D eigenvalue weighted by Crippen LogP contribution is -2.39. The van der Waals surface area contributed by atoms with Crippen molar-refractivity contribution in [3.63, 3.8) is 0 Å². The number of amides is 2. The lowest BCUT2D eigenvalue weighted by Gasteiger charge is -2.14. The minimum absolute atomic E-state index is 0.205. The average molecular weight is 320 g/mol. The van der Waals surface area contributed by atoms with E-state index < -0.39 is 46.0 Å². The van der Waals surface area contributed by atoms with Gasteiger partial charge in [-0.15, -0.1) is 0 Å². The summed E-state index contributed by atoms with van der Waals surface area (Å²) in [5.41, 5.74) is -0.945. The summed E-state index contributed by atoms with van der Waals surface area (Å²) in [5.74, 6) is -3.91. The molecule has 1 aromatic carbocycles. The van der Waals surface area contributed by atoms with Gasteiger partial charge in [0.1, 0.15) is 0 Å². The Morgan fingerprint density at radius 2 is 1.90 bits per heavy atom. The summed E-state index contributed by atoms with van der Waals surface area (Å²) in [5, 5.41) is 13.4. The van der Waals surface area contributed by atoms with E-state index in [1.807, 2.05) is 0 Å². The molecule has 0 aromatic heterocycles. The summed E-state index contributed by atoms with van der Waals surface area (Å²) in [6.45, 7) is 1.60. The fourth-order valence-corrected chi connectivity index (χ4v) is 2.39. The quantitative estimate of drug-likeness (QED) is 0.767. The van der Waals surface area contributed by atoms with Crippen LogP contribution in [-0.4, -0.2) is 39.4 Å². The molecule has 0 fully saturated rings. The van der Waals surface area contributed by atoms with Crippen molar-refractivity contribution in [3.8, 4) is 0 Å². The van der Waals surface area contributed by atoms with Crippen molar-refractivity contribution in [3.05, 3.63) is 29.3 Å². The molecule has 0 saturated carbocycles. The standard InChI is InChI=1S/C12H14F2N2O4S/c1-6(5-21(2)20)15-12(19)16-10-4-9(14)8(13)3-7(10)11(17)18/h3-4,6H,5H2,1-2H3,(H,17,18)(H2,15,16,19). The predicted octanol–water partition coefficient (Wildman–Crippen LogP) is 1.55. The van der Waals surface area contributed by atoms with E-state index in [0.29, 0.717) is 12.1 Å². The normalized spacial score (nSPS) is 13.3. The number of anilines is 1. The zero-order chi connectivity index (χ0) is 16.2. The molecule has 1 rings (SSSR count). The summed E-state index contributed by atoms with van der Waals surface area (Å²) in [6, 6.07) is -0.172. The maximum Gasteiger partial charge on any atom is 0.337 e. The van der Waals surface area contributed by atoms with Crippen molar-refractivity contribution < 1.29 is 27.7 Å². The third-order valence-corrected chi connectivity index (χ3v) is 3.37. The van der Waals surface area contributed by atoms with Crippen molar-refractivity contribution in [1.29, 1.82) is 0 Å². The Kier molecular flexibility index (Phi) is 5.77. The molecule has 2 amide bonds. The number of carbonyl (C=O) groups is 2. The Bertz CT molecular complexity index is 595. The summed E-state index contributed by atoms with van der Waals surface area (Å²) in [6.07, 6.45) is 1.47. The number of aromatic carboxylic acids is 1. The van der Waals surface area contributed by atoms with E-state index in [4.69, 9.17) is 5.11 Å². The van der Waals surface area contributed by atoms with Crippen LogP contribution in [0.3, 0.4) is 0 Å². The van der Waals surface area contributed by atoms with Crippen molar-refractivity contribution in [2.75, 3.05) is 17.3 Å². The van der Waals surface area contributed by atoms with Crippen LogP contribution in [0.4, 0.5) is 19.3 Å². The molecule has 2 atom stereocenters. The molecule has 2 unspecified atom stereocenters. The number of carboxylic acids is 1. The Hall–Kier alpha value is -2.03. The van der Waals surface area contributed by atoms with E-state index in [-0.39, 0.29) is 11.4 Å². The Morgan fingerprint density at radius 1 is 1.33 bits per heavy atom. The van der Waals surface area contributed by atoms with Crippen molar-refractivity contribution in [2.24, 2.45) is 0 Å². The zero-order valence-electron chi connectivity index (χ0n) is 11.3. The van der Waals surface area contributed by atoms with Crippen LogP contribution in [0.25, 0.3) is 0 Å². The molecular weight excluding hydrogens is 306 g/mol. The third kappa shape index (κ3) is 5.10. The number of halogens is 2. The highest BCUT2D eigenvalue weighted by atomic mass is 32.2. The van der Waals surface area contributed by atoms with Gasteiger partial charge in [0.2, 0.25) is 0 Å². The SMILES string of the molecule is CC(CS(C)=O)NC(=O)Nc1cc(F)c(F)cc1C(=O)O. The van der Waals surface area contributed by atoms with Gasteiger partial charge in [-0.3, -0.25) is 4.21 Å². The van der Waals surface area contributed by atoms with Gasteiger partial charge in [-0.25, -0.2) is 18.4 Å². The molecule has 3 N–H and O–H groups in total. The summed E-state index contributed by atoms with van der Waals surface area (Å²) in [7, 11) is -1.12. The van der Waals surface area contributed by atoms with Gasteiger partial charge in [-0.1, -0.05) is 0 Å². The molecule has 0 bridgehead atoms. The number of rotatable bonds is 5. The molecule has 0 aliphatic heterocycles. The van der Waals surface area contributed by atoms with Crippen LogP contribution in [0.1, 0.15) is 17.3 Å². The zero-order valence-corrected chi connectivity index (χ0v) is 12.1. The molecule has 6 nitrogen and oxygen atoms in total. The second-order valence-electron chi connectivity index (χ2n) is 4.36. The highest BCUT2D eigenvalue weighted by molar-refractivity contribution is 7.84. The second-order valence-corrected chi connectivity index (χ2v) is 5.84. The monoisotopic (exact) mass is 320 g/mol. The number of nitrogens with one attached hydrogen (secondary N) is 2. The molecule has 116 valence electrons. The lowest BCUT2D eigenvalue weighted by atomic mass is 10.1. The minimum Gasteiger partial charge on any atom is -0.478 e. The summed E-state index contributed by atoms with van der Waals surface area (Å²) in [4.78, 5) is 22.6. The average Bonchev–Trinajstić information content (AvgIpc) is 2.31. The van der Waals surface area contributed by atoms with Crippen LogP contribution in [0.2, 0.25) is 0 Å². The second kappa shape index (κ2) is 7.11. The molecule has 0 heterocycles. The molecule has 0 aliphatic carbocycles. The van der Waals surface area contributed by atoms with Crippen LogP contribution in [0, 0.1) is 11.6 Å². The van der Waals surface area contributed by atoms with Gasteiger partial charge in [0, 0.05) is 34.9 Å². The van der Waals surface area contributed by atoms with Crippen LogP contribution >= 0.6 is 0 Å². The van der Waals surface area contributed by atoms with E-state index >= 15 is 0 Å². The van der Waals surface area contributed by atoms with Crippen LogP contribution < -0.4 is 10.6 Å². The van der Waals surface area contributed by atoms with E-state index in [1.165, 1.54) is 6.26 Å². The van der Waals surface area contributed by atoms with Crippen LogP contribution in [-0.2, 0) is 10.8 Å². The molecule has 0 spiro atoms. The first kappa shape index (κ1) is 17.0. The Labute approximate surface area is 122 Å². The molecule has 9 heteroatoms. The van der Waals surface area contributed by atoms with E-state index in [9.17, 15) is 22.6 Å². The lowest BCUT2D eigenvalue weighted by molar-refractivity contribution is 0.0697. The fourth-order valence-electron chi connectivity index (χ4n) is 1.60. The maximum atomic E-state index is 13.1. The first-order valence-corrected chi connectivity index (χ1v) is 7.53. The molecular formula is C12H14F2N2O4S. The van der Waals surface area contributed by atoms with E-state index in [2.05, 4.69) is 10.6 Å². The molecule has 0 aliphatic rings. The van der Waals surface area contributed by atoms with Gasteiger partial charge in [0.25, 0.3) is 0 Å². The minimum atomic E-state index is -1.51. The number of urea groups is 1. The van der Waals surface area contributed by atoms with Gasteiger partial charge < -0.3 is 15.7 Å². The first-order valence-electron chi connectivity index (χ1n) is 5.80. The third-order valence-electron chi connectivity index (χ3n) is 2.40. The van der Waals surface area contributed by atoms with Gasteiger partial charge in [-0.2, -0.15) is 0 Å². The predicted molar refractivity (Wildman–Crippen MR) is 73.9 cm³/mol. The van der Waals surface area contributed by atoms with Gasteiger partial charge in [0.05, 0.1) is 11.3 Å². The Balaban J connectivity index is 2.87. The first-order chi connectivity index (χ1) is 9.70. The van der Waals surface area contributed by atoms with Crippen molar-refractivity contribution >= 4 is 28.5 Å². The fraction of sp³-hybridized carbons (Fsp3) is 0.333. The summed E-state index contributed by atoms with van der Waals surface area (Å²) < 4.78 is 37.1. The molecule has 0 radical (unpaired) electrons. The number of hydrogen-bond donors (Lipinski definition) is 3. The van der Waals surface area contributed by atoms with E-state index in [0.717, 1.165) is 0 Å². The van der Waals surface area contributed by atoms with Crippen LogP contribution in [0.15, 0.2) is 12.1 Å². The van der Waals surface area contributed by atoms with Crippen molar-refractivity contribution in [1.82, 2.24) is 5.32 Å². The summed E-state index contributed by atoms with van der Waals surface area (Å²) >= 11 is 0. The highest BCUT2D eigenvalue weighted by Crippen LogP contribution is 2.20. The van der Waals surface area contributed by atoms with Gasteiger partial charge in [0.15, 0.2) is 11.6 Å². The van der Waals surface area contributed by atoms with Crippen molar-refractivity contribution in [2.45, 2.75) is 13.0 Å². The number of carboxylic acid groups (broad SMARTS) is 1. The highest BCUT2D eigenvalue weighted by Gasteiger charge is 2.18. The van der Waals surface area contributed by atoms with Crippen LogP contribution in [0.5, 0.6) is 0 Å². The number of benzene rings is 1. The smallest absolute Gasteiger partial charge is 0.337 e. The molecule has 1 aromatic rings. The number of carbonyl (C=O) groups excluding carboxylic acids is 1. The van der Waals surface area contributed by atoms with Gasteiger partial charge >= 0.3 is 12.0 Å². The molecule has 0 saturated heterocycles. The van der Waals surface area contributed by atoms with Gasteiger partial charge in [-0.05, 0) is 13.0 Å². The topological polar surface area (TPSA) is 95.5 Å². The number of hydrogen-bond acceptors (Lipinski definition) is 3. The molecule has 21 heavy (non-hydrogen) atoms. The largest absolute Gasteiger partial charge is 0.478 e.